The smallest absolute Gasteiger partial charge is 0.303 e. The Labute approximate surface area is 115 Å². The molecule has 20 heavy (non-hydrogen) atoms. The predicted molar refractivity (Wildman–Crippen MR) is 67.7 cm³/mol. The van der Waals surface area contributed by atoms with Gasteiger partial charge in [-0.1, -0.05) is 6.07 Å². The van der Waals surface area contributed by atoms with Gasteiger partial charge in [0.25, 0.3) is 0 Å². The number of carboxylic acid groups (broad SMARTS) is 1. The van der Waals surface area contributed by atoms with E-state index in [1.807, 2.05) is 0 Å². The number of halogens is 2. The number of nitrogens with zero attached hydrogens (tertiary/aromatic N) is 1. The van der Waals surface area contributed by atoms with E-state index in [9.17, 15) is 18.4 Å². The van der Waals surface area contributed by atoms with E-state index < -0.39 is 29.6 Å². The highest BCUT2D eigenvalue weighted by Gasteiger charge is 2.20. The monoisotopic (exact) mass is 286 g/mol. The Bertz CT molecular complexity index is 508. The molecular weight excluding hydrogens is 270 g/mol. The number of aliphatic carboxylic acids is 1. The number of rotatable bonds is 6. The van der Waals surface area contributed by atoms with Crippen LogP contribution in [0, 0.1) is 11.6 Å². The fourth-order valence-electron chi connectivity index (χ4n) is 1.67. The lowest BCUT2D eigenvalue weighted by molar-refractivity contribution is -0.137. The van der Waals surface area contributed by atoms with Gasteiger partial charge in [0.05, 0.1) is 6.04 Å². The molecule has 1 rings (SSSR count). The molecule has 1 amide bonds. The van der Waals surface area contributed by atoms with Crippen molar-refractivity contribution in [3.63, 3.8) is 0 Å². The van der Waals surface area contributed by atoms with Gasteiger partial charge >= 0.3 is 5.97 Å². The van der Waals surface area contributed by atoms with Crippen molar-refractivity contribution >= 4 is 11.9 Å². The summed E-state index contributed by atoms with van der Waals surface area (Å²) in [7, 11) is 1.42. The molecule has 0 spiro atoms. The number of hydrogen-bond acceptors (Lipinski definition) is 3. The fourth-order valence-corrected chi connectivity index (χ4v) is 1.67. The lowest BCUT2D eigenvalue weighted by Gasteiger charge is -2.21. The van der Waals surface area contributed by atoms with Crippen LogP contribution in [0.2, 0.25) is 0 Å². The molecule has 0 saturated carbocycles. The molecule has 0 bridgehead atoms. The topological polar surface area (TPSA) is 83.6 Å². The number of hydrogen-bond donors (Lipinski definition) is 2. The molecule has 0 aromatic heterocycles. The van der Waals surface area contributed by atoms with Gasteiger partial charge in [-0.15, -0.1) is 0 Å². The minimum Gasteiger partial charge on any atom is -0.481 e. The summed E-state index contributed by atoms with van der Waals surface area (Å²) in [4.78, 5) is 23.4. The van der Waals surface area contributed by atoms with Gasteiger partial charge in [-0.25, -0.2) is 8.78 Å². The van der Waals surface area contributed by atoms with Gasteiger partial charge in [-0.3, -0.25) is 9.59 Å². The first-order chi connectivity index (χ1) is 9.31. The molecule has 0 saturated heterocycles. The van der Waals surface area contributed by atoms with E-state index in [0.717, 1.165) is 12.1 Å². The van der Waals surface area contributed by atoms with Gasteiger partial charge in [0.1, 0.15) is 11.6 Å². The standard InChI is InChI=1S/C13H16F2N2O3/c1-17(13(20)11(16)4-5-12(18)19)7-8-2-3-9(14)6-10(8)15/h2-3,6,11H,4-5,7,16H2,1H3,(H,18,19). The first kappa shape index (κ1) is 16.0. The zero-order valence-corrected chi connectivity index (χ0v) is 11.0. The van der Waals surface area contributed by atoms with Crippen LogP contribution in [-0.4, -0.2) is 35.0 Å². The molecule has 3 N–H and O–H groups in total. The first-order valence-corrected chi connectivity index (χ1v) is 5.97. The molecule has 0 radical (unpaired) electrons. The highest BCUT2D eigenvalue weighted by Crippen LogP contribution is 2.12. The summed E-state index contributed by atoms with van der Waals surface area (Å²) in [5.41, 5.74) is 5.73. The summed E-state index contributed by atoms with van der Waals surface area (Å²) in [5.74, 6) is -2.97. The molecule has 1 aromatic rings. The van der Waals surface area contributed by atoms with Gasteiger partial charge in [-0.05, 0) is 12.5 Å². The van der Waals surface area contributed by atoms with Gasteiger partial charge in [0, 0.05) is 31.6 Å². The van der Waals surface area contributed by atoms with E-state index in [4.69, 9.17) is 10.8 Å². The Balaban J connectivity index is 2.63. The van der Waals surface area contributed by atoms with Crippen molar-refractivity contribution < 1.29 is 23.5 Å². The van der Waals surface area contributed by atoms with Crippen LogP contribution in [0.15, 0.2) is 18.2 Å². The Morgan fingerprint density at radius 2 is 2.05 bits per heavy atom. The molecule has 110 valence electrons. The van der Waals surface area contributed by atoms with Crippen LogP contribution in [0.1, 0.15) is 18.4 Å². The average molecular weight is 286 g/mol. The zero-order chi connectivity index (χ0) is 15.3. The number of carbonyl (C=O) groups excluding carboxylic acids is 1. The predicted octanol–water partition coefficient (Wildman–Crippen LogP) is 1.12. The summed E-state index contributed by atoms with van der Waals surface area (Å²) in [6, 6.07) is 2.12. The average Bonchev–Trinajstić information content (AvgIpc) is 2.38. The number of carboxylic acids is 1. The molecule has 0 fully saturated rings. The molecule has 0 aliphatic rings. The first-order valence-electron chi connectivity index (χ1n) is 5.97. The summed E-state index contributed by atoms with van der Waals surface area (Å²) in [5, 5.41) is 8.51. The molecule has 0 aliphatic heterocycles. The molecule has 5 nitrogen and oxygen atoms in total. The van der Waals surface area contributed by atoms with Crippen LogP contribution in [0.3, 0.4) is 0 Å². The van der Waals surface area contributed by atoms with E-state index in [-0.39, 0.29) is 24.9 Å². The summed E-state index contributed by atoms with van der Waals surface area (Å²) in [6.07, 6.45) is -0.212. The number of likely N-dealkylation sites (N-methyl/N-ethyl adjacent to an activating group) is 1. The van der Waals surface area contributed by atoms with Crippen LogP contribution in [0.25, 0.3) is 0 Å². The highest BCUT2D eigenvalue weighted by atomic mass is 19.1. The van der Waals surface area contributed by atoms with Crippen molar-refractivity contribution in [2.45, 2.75) is 25.4 Å². The van der Waals surface area contributed by atoms with Crippen molar-refractivity contribution in [3.05, 3.63) is 35.4 Å². The Morgan fingerprint density at radius 1 is 1.40 bits per heavy atom. The Hall–Kier alpha value is -2.02. The molecule has 1 atom stereocenters. The Kier molecular flexibility index (Phi) is 5.57. The maximum absolute atomic E-state index is 13.4. The van der Waals surface area contributed by atoms with Gasteiger partial charge in [0.15, 0.2) is 0 Å². The van der Waals surface area contributed by atoms with Crippen molar-refractivity contribution in [2.24, 2.45) is 5.73 Å². The summed E-state index contributed by atoms with van der Waals surface area (Å²) in [6.45, 7) is -0.0638. The van der Waals surface area contributed by atoms with Crippen LogP contribution in [0.4, 0.5) is 8.78 Å². The lowest BCUT2D eigenvalue weighted by Crippen LogP contribution is -2.41. The van der Waals surface area contributed by atoms with Crippen LogP contribution in [0.5, 0.6) is 0 Å². The fraction of sp³-hybridized carbons (Fsp3) is 0.385. The molecule has 1 aromatic carbocycles. The number of carbonyl (C=O) groups is 2. The van der Waals surface area contributed by atoms with Crippen LogP contribution >= 0.6 is 0 Å². The normalized spacial score (nSPS) is 12.0. The van der Waals surface area contributed by atoms with E-state index in [2.05, 4.69) is 0 Å². The minimum atomic E-state index is -1.04. The molecule has 1 unspecified atom stereocenters. The zero-order valence-electron chi connectivity index (χ0n) is 11.0. The summed E-state index contributed by atoms with van der Waals surface area (Å²) >= 11 is 0. The number of benzene rings is 1. The van der Waals surface area contributed by atoms with Crippen molar-refractivity contribution in [1.29, 1.82) is 0 Å². The second-order valence-electron chi connectivity index (χ2n) is 4.47. The lowest BCUT2D eigenvalue weighted by atomic mass is 10.1. The van der Waals surface area contributed by atoms with Crippen molar-refractivity contribution in [2.75, 3.05) is 7.05 Å². The minimum absolute atomic E-state index is 0.00437. The van der Waals surface area contributed by atoms with Crippen LogP contribution < -0.4 is 5.73 Å². The third-order valence-corrected chi connectivity index (χ3v) is 2.79. The van der Waals surface area contributed by atoms with Gasteiger partial charge < -0.3 is 15.7 Å². The highest BCUT2D eigenvalue weighted by molar-refractivity contribution is 5.82. The summed E-state index contributed by atoms with van der Waals surface area (Å²) < 4.78 is 26.2. The van der Waals surface area contributed by atoms with E-state index in [1.165, 1.54) is 18.0 Å². The Morgan fingerprint density at radius 3 is 2.60 bits per heavy atom. The van der Waals surface area contributed by atoms with Gasteiger partial charge in [0.2, 0.25) is 5.91 Å². The molecule has 7 heteroatoms. The van der Waals surface area contributed by atoms with Gasteiger partial charge in [-0.2, -0.15) is 0 Å². The molecule has 0 heterocycles. The quantitative estimate of drug-likeness (QED) is 0.820. The third kappa shape index (κ3) is 4.58. The molecule has 0 aliphatic carbocycles. The SMILES string of the molecule is CN(Cc1ccc(F)cc1F)C(=O)C(N)CCC(=O)O. The van der Waals surface area contributed by atoms with Crippen molar-refractivity contribution in [3.8, 4) is 0 Å². The van der Waals surface area contributed by atoms with E-state index in [1.54, 1.807) is 0 Å². The second kappa shape index (κ2) is 6.95. The van der Waals surface area contributed by atoms with E-state index in [0.29, 0.717) is 0 Å². The molecular formula is C13H16F2N2O3. The number of nitrogens with two attached hydrogens (primary N) is 1. The van der Waals surface area contributed by atoms with Crippen molar-refractivity contribution in [1.82, 2.24) is 4.90 Å². The maximum Gasteiger partial charge on any atom is 0.303 e. The van der Waals surface area contributed by atoms with E-state index >= 15 is 0 Å². The maximum atomic E-state index is 13.4. The third-order valence-electron chi connectivity index (χ3n) is 2.79. The largest absolute Gasteiger partial charge is 0.481 e. The number of amides is 1. The second-order valence-corrected chi connectivity index (χ2v) is 4.47. The van der Waals surface area contributed by atoms with Crippen LogP contribution in [-0.2, 0) is 16.1 Å².